The van der Waals surface area contributed by atoms with Crippen LogP contribution in [0.3, 0.4) is 0 Å². The SMILES string of the molecule is Cc1cc(Br)c(F)cc1NC(=O)CCC(F)(F)F. The van der Waals surface area contributed by atoms with E-state index in [-0.39, 0.29) is 10.2 Å². The van der Waals surface area contributed by atoms with E-state index in [4.69, 9.17) is 0 Å². The van der Waals surface area contributed by atoms with Gasteiger partial charge in [-0.1, -0.05) is 0 Å². The standard InChI is InChI=1S/C11H10BrF4NO/c1-6-4-7(12)8(13)5-9(6)17-10(18)2-3-11(14,15)16/h4-5H,2-3H2,1H3,(H,17,18). The molecule has 0 fully saturated rings. The van der Waals surface area contributed by atoms with E-state index < -0.39 is 30.7 Å². The van der Waals surface area contributed by atoms with Crippen molar-refractivity contribution in [1.29, 1.82) is 0 Å². The number of nitrogens with one attached hydrogen (secondary N) is 1. The summed E-state index contributed by atoms with van der Waals surface area (Å²) in [4.78, 5) is 11.3. The second kappa shape index (κ2) is 5.69. The average molecular weight is 328 g/mol. The number of benzene rings is 1. The summed E-state index contributed by atoms with van der Waals surface area (Å²) in [5, 5.41) is 2.25. The van der Waals surface area contributed by atoms with E-state index in [1.807, 2.05) is 0 Å². The summed E-state index contributed by atoms with van der Waals surface area (Å²) in [5.41, 5.74) is 0.728. The number of alkyl halides is 3. The lowest BCUT2D eigenvalue weighted by Crippen LogP contribution is -2.17. The minimum absolute atomic E-state index is 0.169. The molecule has 1 rings (SSSR count). The van der Waals surface area contributed by atoms with E-state index in [0.717, 1.165) is 6.07 Å². The molecule has 18 heavy (non-hydrogen) atoms. The largest absolute Gasteiger partial charge is 0.389 e. The molecule has 0 atom stereocenters. The molecule has 0 aliphatic heterocycles. The number of aryl methyl sites for hydroxylation is 1. The van der Waals surface area contributed by atoms with Gasteiger partial charge in [-0.15, -0.1) is 0 Å². The average Bonchev–Trinajstić information content (AvgIpc) is 2.22. The van der Waals surface area contributed by atoms with Gasteiger partial charge in [0.15, 0.2) is 0 Å². The van der Waals surface area contributed by atoms with E-state index in [0.29, 0.717) is 5.56 Å². The van der Waals surface area contributed by atoms with Gasteiger partial charge >= 0.3 is 6.18 Å². The molecule has 100 valence electrons. The van der Waals surface area contributed by atoms with Crippen molar-refractivity contribution < 1.29 is 22.4 Å². The lowest BCUT2D eigenvalue weighted by molar-refractivity contribution is -0.142. The number of amides is 1. The van der Waals surface area contributed by atoms with Crippen molar-refractivity contribution in [2.75, 3.05) is 5.32 Å². The molecule has 0 spiro atoms. The van der Waals surface area contributed by atoms with Crippen LogP contribution in [0.1, 0.15) is 18.4 Å². The van der Waals surface area contributed by atoms with Gasteiger partial charge in [0.2, 0.25) is 5.91 Å². The number of carbonyl (C=O) groups excluding carboxylic acids is 1. The number of anilines is 1. The van der Waals surface area contributed by atoms with Crippen LogP contribution in [0.5, 0.6) is 0 Å². The summed E-state index contributed by atoms with van der Waals surface area (Å²) in [6.45, 7) is 1.61. The quantitative estimate of drug-likeness (QED) is 0.829. The number of rotatable bonds is 3. The van der Waals surface area contributed by atoms with Gasteiger partial charge < -0.3 is 5.32 Å². The Balaban J connectivity index is 2.68. The topological polar surface area (TPSA) is 29.1 Å². The van der Waals surface area contributed by atoms with E-state index in [1.165, 1.54) is 6.07 Å². The number of halogens is 5. The first-order chi connectivity index (χ1) is 8.19. The van der Waals surface area contributed by atoms with Crippen LogP contribution in [0.4, 0.5) is 23.2 Å². The molecular formula is C11H10BrF4NO. The summed E-state index contributed by atoms with van der Waals surface area (Å²) in [6.07, 6.45) is -6.26. The molecule has 0 unspecified atom stereocenters. The van der Waals surface area contributed by atoms with Gasteiger partial charge in [0.05, 0.1) is 10.9 Å². The lowest BCUT2D eigenvalue weighted by Gasteiger charge is -2.10. The summed E-state index contributed by atoms with van der Waals surface area (Å²) >= 11 is 2.97. The van der Waals surface area contributed by atoms with Crippen LogP contribution in [-0.4, -0.2) is 12.1 Å². The van der Waals surface area contributed by atoms with Crippen molar-refractivity contribution in [3.05, 3.63) is 28.0 Å². The molecule has 0 saturated heterocycles. The normalized spacial score (nSPS) is 11.4. The number of hydrogen-bond acceptors (Lipinski definition) is 1. The molecule has 0 heterocycles. The Morgan fingerprint density at radius 3 is 2.56 bits per heavy atom. The maximum Gasteiger partial charge on any atom is 0.389 e. The first-order valence-corrected chi connectivity index (χ1v) is 5.80. The van der Waals surface area contributed by atoms with Crippen LogP contribution in [0.15, 0.2) is 16.6 Å². The lowest BCUT2D eigenvalue weighted by atomic mass is 10.2. The number of carbonyl (C=O) groups is 1. The van der Waals surface area contributed by atoms with Crippen LogP contribution in [0, 0.1) is 12.7 Å². The minimum Gasteiger partial charge on any atom is -0.326 e. The summed E-state index contributed by atoms with van der Waals surface area (Å²) in [5.74, 6) is -1.39. The first-order valence-electron chi connectivity index (χ1n) is 5.01. The highest BCUT2D eigenvalue weighted by molar-refractivity contribution is 9.10. The second-order valence-electron chi connectivity index (χ2n) is 3.74. The third-order valence-corrected chi connectivity index (χ3v) is 2.78. The highest BCUT2D eigenvalue weighted by Gasteiger charge is 2.27. The fourth-order valence-corrected chi connectivity index (χ4v) is 1.71. The molecule has 1 N–H and O–H groups in total. The summed E-state index contributed by atoms with van der Waals surface area (Å²) in [6, 6.07) is 2.50. The Bertz CT molecular complexity index is 459. The van der Waals surface area contributed by atoms with Gasteiger partial charge in [0, 0.05) is 12.1 Å². The third-order valence-electron chi connectivity index (χ3n) is 2.18. The van der Waals surface area contributed by atoms with Gasteiger partial charge in [0.1, 0.15) is 5.82 Å². The van der Waals surface area contributed by atoms with Gasteiger partial charge in [-0.3, -0.25) is 4.79 Å². The molecule has 0 aliphatic rings. The zero-order valence-corrected chi connectivity index (χ0v) is 11.0. The Hall–Kier alpha value is -1.11. The fraction of sp³-hybridized carbons (Fsp3) is 0.364. The second-order valence-corrected chi connectivity index (χ2v) is 4.60. The highest BCUT2D eigenvalue weighted by atomic mass is 79.9. The monoisotopic (exact) mass is 327 g/mol. The van der Waals surface area contributed by atoms with Crippen molar-refractivity contribution in [2.24, 2.45) is 0 Å². The van der Waals surface area contributed by atoms with Gasteiger partial charge in [0.25, 0.3) is 0 Å². The maximum absolute atomic E-state index is 13.2. The van der Waals surface area contributed by atoms with Crippen LogP contribution in [0.25, 0.3) is 0 Å². The van der Waals surface area contributed by atoms with Crippen LogP contribution in [0.2, 0.25) is 0 Å². The predicted molar refractivity (Wildman–Crippen MR) is 62.8 cm³/mol. The molecule has 7 heteroatoms. The van der Waals surface area contributed by atoms with E-state index in [9.17, 15) is 22.4 Å². The molecule has 1 aromatic rings. The molecule has 0 aliphatic carbocycles. The van der Waals surface area contributed by atoms with Gasteiger partial charge in [-0.25, -0.2) is 4.39 Å². The fourth-order valence-electron chi connectivity index (χ4n) is 1.25. The van der Waals surface area contributed by atoms with E-state index >= 15 is 0 Å². The molecule has 1 aromatic carbocycles. The molecule has 0 radical (unpaired) electrons. The van der Waals surface area contributed by atoms with Crippen molar-refractivity contribution in [1.82, 2.24) is 0 Å². The zero-order chi connectivity index (χ0) is 13.9. The predicted octanol–water partition coefficient (Wildman–Crippen LogP) is 4.18. The van der Waals surface area contributed by atoms with Crippen molar-refractivity contribution in [3.63, 3.8) is 0 Å². The molecule has 1 amide bonds. The smallest absolute Gasteiger partial charge is 0.326 e. The van der Waals surface area contributed by atoms with Crippen LogP contribution >= 0.6 is 15.9 Å². The van der Waals surface area contributed by atoms with Crippen molar-refractivity contribution in [3.8, 4) is 0 Å². The van der Waals surface area contributed by atoms with Crippen LogP contribution in [-0.2, 0) is 4.79 Å². The highest BCUT2D eigenvalue weighted by Crippen LogP contribution is 2.25. The van der Waals surface area contributed by atoms with Gasteiger partial charge in [-0.2, -0.15) is 13.2 Å². The van der Waals surface area contributed by atoms with Crippen LogP contribution < -0.4 is 5.32 Å². The Labute approximate surface area is 109 Å². The van der Waals surface area contributed by atoms with Crippen molar-refractivity contribution >= 4 is 27.5 Å². The molecule has 0 saturated carbocycles. The minimum atomic E-state index is -4.38. The Kier molecular flexibility index (Phi) is 4.72. The summed E-state index contributed by atoms with van der Waals surface area (Å²) in [7, 11) is 0. The zero-order valence-electron chi connectivity index (χ0n) is 9.37. The first kappa shape index (κ1) is 14.9. The Morgan fingerprint density at radius 2 is 2.00 bits per heavy atom. The molecule has 0 aromatic heterocycles. The van der Waals surface area contributed by atoms with Gasteiger partial charge in [-0.05, 0) is 40.5 Å². The number of hydrogen-bond donors (Lipinski definition) is 1. The van der Waals surface area contributed by atoms with Crippen molar-refractivity contribution in [2.45, 2.75) is 25.9 Å². The molecule has 0 bridgehead atoms. The maximum atomic E-state index is 13.2. The molecule has 2 nitrogen and oxygen atoms in total. The Morgan fingerprint density at radius 1 is 1.39 bits per heavy atom. The summed E-state index contributed by atoms with van der Waals surface area (Å²) < 4.78 is 49.2. The van der Waals surface area contributed by atoms with E-state index in [2.05, 4.69) is 21.2 Å². The van der Waals surface area contributed by atoms with E-state index in [1.54, 1.807) is 6.92 Å². The molecular weight excluding hydrogens is 318 g/mol. The third kappa shape index (κ3) is 4.64.